The van der Waals surface area contributed by atoms with Crippen LogP contribution in [-0.2, 0) is 28.6 Å². The Morgan fingerprint density at radius 2 is 0.494 bits per heavy atom. The van der Waals surface area contributed by atoms with E-state index in [2.05, 4.69) is 167 Å². The molecule has 1 unspecified atom stereocenters. The van der Waals surface area contributed by atoms with E-state index in [4.69, 9.17) is 14.2 Å². The predicted molar refractivity (Wildman–Crippen MR) is 343 cm³/mol. The summed E-state index contributed by atoms with van der Waals surface area (Å²) in [5.41, 5.74) is 0. The minimum absolute atomic E-state index is 0.0964. The van der Waals surface area contributed by atoms with E-state index in [-0.39, 0.29) is 31.1 Å². The summed E-state index contributed by atoms with van der Waals surface area (Å²) in [6.07, 6.45) is 94.1. The Morgan fingerprint density at radius 3 is 0.772 bits per heavy atom. The first-order valence-electron chi connectivity index (χ1n) is 32.3. The van der Waals surface area contributed by atoms with Gasteiger partial charge in [0.25, 0.3) is 0 Å². The highest BCUT2D eigenvalue weighted by atomic mass is 16.6. The molecule has 0 aliphatic carbocycles. The zero-order valence-corrected chi connectivity index (χ0v) is 51.1. The van der Waals surface area contributed by atoms with Gasteiger partial charge in [-0.15, -0.1) is 0 Å². The first-order valence-corrected chi connectivity index (χ1v) is 32.3. The number of allylic oxidation sites excluding steroid dienone is 24. The topological polar surface area (TPSA) is 78.9 Å². The van der Waals surface area contributed by atoms with Crippen LogP contribution in [0.1, 0.15) is 278 Å². The van der Waals surface area contributed by atoms with Gasteiger partial charge in [0, 0.05) is 19.3 Å². The minimum Gasteiger partial charge on any atom is -0.462 e. The Labute approximate surface area is 487 Å². The number of carbonyl (C=O) groups is 3. The summed E-state index contributed by atoms with van der Waals surface area (Å²) in [4.78, 5) is 38.3. The predicted octanol–water partition coefficient (Wildman–Crippen LogP) is 22.3. The maximum absolute atomic E-state index is 12.9. The molecule has 0 heterocycles. The Morgan fingerprint density at radius 1 is 0.266 bits per heavy atom. The molecule has 0 radical (unpaired) electrons. The number of hydrogen-bond donors (Lipinski definition) is 0. The van der Waals surface area contributed by atoms with Crippen LogP contribution in [0.5, 0.6) is 0 Å². The molecule has 6 heteroatoms. The Kier molecular flexibility index (Phi) is 61.9. The van der Waals surface area contributed by atoms with Crippen LogP contribution in [-0.4, -0.2) is 37.2 Å². The second-order valence-corrected chi connectivity index (χ2v) is 20.9. The maximum Gasteiger partial charge on any atom is 0.306 e. The first-order chi connectivity index (χ1) is 39.0. The molecule has 0 saturated heterocycles. The smallest absolute Gasteiger partial charge is 0.306 e. The average Bonchev–Trinajstić information content (AvgIpc) is 3.45. The van der Waals surface area contributed by atoms with E-state index in [0.29, 0.717) is 19.3 Å². The Bertz CT molecular complexity index is 1730. The van der Waals surface area contributed by atoms with Crippen molar-refractivity contribution in [3.8, 4) is 0 Å². The summed E-state index contributed by atoms with van der Waals surface area (Å²) in [5, 5.41) is 0. The first kappa shape index (κ1) is 74.3. The number of esters is 3. The Balaban J connectivity index is 4.45. The van der Waals surface area contributed by atoms with Crippen LogP contribution in [0.2, 0.25) is 0 Å². The van der Waals surface area contributed by atoms with Gasteiger partial charge in [0.05, 0.1) is 0 Å². The molecule has 0 fully saturated rings. The van der Waals surface area contributed by atoms with E-state index in [1.807, 2.05) is 0 Å². The zero-order valence-electron chi connectivity index (χ0n) is 51.1. The van der Waals surface area contributed by atoms with Crippen LogP contribution in [0.25, 0.3) is 0 Å². The van der Waals surface area contributed by atoms with Crippen LogP contribution in [0.4, 0.5) is 0 Å². The van der Waals surface area contributed by atoms with Crippen molar-refractivity contribution in [3.05, 3.63) is 146 Å². The number of unbranched alkanes of at least 4 members (excludes halogenated alkanes) is 22. The third kappa shape index (κ3) is 64.0. The van der Waals surface area contributed by atoms with Crippen molar-refractivity contribution in [2.24, 2.45) is 0 Å². The van der Waals surface area contributed by atoms with E-state index >= 15 is 0 Å². The van der Waals surface area contributed by atoms with E-state index in [0.717, 1.165) is 161 Å². The molecule has 0 aromatic carbocycles. The van der Waals surface area contributed by atoms with Gasteiger partial charge in [0.1, 0.15) is 13.2 Å². The van der Waals surface area contributed by atoms with Crippen LogP contribution in [0.15, 0.2) is 146 Å². The lowest BCUT2D eigenvalue weighted by Crippen LogP contribution is -2.30. The van der Waals surface area contributed by atoms with Crippen LogP contribution >= 0.6 is 0 Å². The van der Waals surface area contributed by atoms with Gasteiger partial charge in [-0.25, -0.2) is 0 Å². The number of rotatable bonds is 57. The van der Waals surface area contributed by atoms with Gasteiger partial charge < -0.3 is 14.2 Å². The molecule has 0 rings (SSSR count). The number of carbonyl (C=O) groups excluding carboxylic acids is 3. The van der Waals surface area contributed by atoms with Gasteiger partial charge in [0.2, 0.25) is 0 Å². The Hall–Kier alpha value is -4.71. The maximum atomic E-state index is 12.9. The van der Waals surface area contributed by atoms with Crippen LogP contribution in [0, 0.1) is 0 Å². The van der Waals surface area contributed by atoms with Crippen molar-refractivity contribution in [3.63, 3.8) is 0 Å². The summed E-state index contributed by atoms with van der Waals surface area (Å²) in [7, 11) is 0. The molecule has 0 aliphatic heterocycles. The summed E-state index contributed by atoms with van der Waals surface area (Å²) in [5.74, 6) is -0.935. The highest BCUT2D eigenvalue weighted by molar-refractivity contribution is 5.71. The lowest BCUT2D eigenvalue weighted by molar-refractivity contribution is -0.167. The summed E-state index contributed by atoms with van der Waals surface area (Å²) >= 11 is 0. The second-order valence-electron chi connectivity index (χ2n) is 20.9. The van der Waals surface area contributed by atoms with Crippen molar-refractivity contribution in [1.82, 2.24) is 0 Å². The molecule has 0 bridgehead atoms. The van der Waals surface area contributed by atoms with Gasteiger partial charge >= 0.3 is 17.9 Å². The van der Waals surface area contributed by atoms with Crippen molar-refractivity contribution in [2.45, 2.75) is 284 Å². The molecule has 0 spiro atoms. The number of hydrogen-bond acceptors (Lipinski definition) is 6. The fourth-order valence-electron chi connectivity index (χ4n) is 8.57. The zero-order chi connectivity index (χ0) is 57.1. The lowest BCUT2D eigenvalue weighted by Gasteiger charge is -2.18. The normalized spacial score (nSPS) is 13.1. The highest BCUT2D eigenvalue weighted by Crippen LogP contribution is 2.15. The molecule has 0 aliphatic rings. The van der Waals surface area contributed by atoms with Gasteiger partial charge in [0.15, 0.2) is 6.10 Å². The molecular formula is C73H118O6. The third-order valence-electron chi connectivity index (χ3n) is 13.3. The van der Waals surface area contributed by atoms with Gasteiger partial charge in [-0.3, -0.25) is 14.4 Å². The third-order valence-corrected chi connectivity index (χ3v) is 13.3. The van der Waals surface area contributed by atoms with Crippen molar-refractivity contribution >= 4 is 17.9 Å². The molecule has 446 valence electrons. The van der Waals surface area contributed by atoms with E-state index in [1.54, 1.807) is 0 Å². The van der Waals surface area contributed by atoms with Crippen molar-refractivity contribution < 1.29 is 28.6 Å². The van der Waals surface area contributed by atoms with E-state index in [1.165, 1.54) is 77.0 Å². The molecular weight excluding hydrogens is 973 g/mol. The van der Waals surface area contributed by atoms with Crippen molar-refractivity contribution in [2.75, 3.05) is 13.2 Å². The molecule has 0 amide bonds. The summed E-state index contributed by atoms with van der Waals surface area (Å²) in [6.45, 7) is 6.38. The van der Waals surface area contributed by atoms with Gasteiger partial charge in [-0.1, -0.05) is 282 Å². The van der Waals surface area contributed by atoms with Crippen molar-refractivity contribution in [1.29, 1.82) is 0 Å². The molecule has 79 heavy (non-hydrogen) atoms. The number of ether oxygens (including phenoxy) is 3. The molecule has 0 N–H and O–H groups in total. The molecule has 0 aromatic rings. The molecule has 6 nitrogen and oxygen atoms in total. The van der Waals surface area contributed by atoms with Crippen LogP contribution in [0.3, 0.4) is 0 Å². The second kappa shape index (κ2) is 65.8. The fourth-order valence-corrected chi connectivity index (χ4v) is 8.57. The highest BCUT2D eigenvalue weighted by Gasteiger charge is 2.19. The SMILES string of the molecule is CC/C=C\C/C=C\C/C=C\C/C=C\C/C=C\C/C=C\CCCCCCCCC(=O)OCC(COC(=O)CCCCCCCCCCCCCCC)OC(=O)CCCCCC/C=C\C/C=C\C/C=C\C/C=C\C/C=C\C/C=C\CC. The van der Waals surface area contributed by atoms with Gasteiger partial charge in [-0.05, 0) is 122 Å². The minimum atomic E-state index is -0.804. The molecule has 1 atom stereocenters. The van der Waals surface area contributed by atoms with Crippen LogP contribution < -0.4 is 0 Å². The largest absolute Gasteiger partial charge is 0.462 e. The lowest BCUT2D eigenvalue weighted by atomic mass is 10.0. The van der Waals surface area contributed by atoms with E-state index in [9.17, 15) is 14.4 Å². The average molecular weight is 1090 g/mol. The monoisotopic (exact) mass is 1090 g/mol. The van der Waals surface area contributed by atoms with Gasteiger partial charge in [-0.2, -0.15) is 0 Å². The van der Waals surface area contributed by atoms with E-state index < -0.39 is 6.10 Å². The molecule has 0 aromatic heterocycles. The summed E-state index contributed by atoms with van der Waals surface area (Å²) < 4.78 is 16.9. The standard InChI is InChI=1S/C73H118O6/c1-4-7-10-13-16-19-22-25-27-29-31-33-35-36-38-39-41-43-45-48-51-54-57-60-63-66-72(75)78-69-70(68-77-71(74)65-62-59-56-53-50-47-24-21-18-15-12-9-6-3)79-73(76)67-64-61-58-55-52-49-46-44-42-40-37-34-32-30-28-26-23-20-17-14-11-8-5-2/h7-8,10-11,16-17,19-20,25-28,31-34,36,38,40-43,46,49,70H,4-6,9,12-15,18,21-24,29-30,35,37,39,44-45,47-48,50-69H2,1-3H3/b10-7-,11-8-,19-16-,20-17-,27-25-,28-26-,33-31-,34-32-,38-36-,42-40-,43-41-,49-46-. The molecule has 0 saturated carbocycles. The summed E-state index contributed by atoms with van der Waals surface area (Å²) in [6, 6.07) is 0. The quantitative estimate of drug-likeness (QED) is 0.0261. The fraction of sp³-hybridized carbons (Fsp3) is 0.630.